The SMILES string of the molecule is COC(=O)Cn1c(=NC(=O)C2CC2)sc2cccc(OC)c21. The summed E-state index contributed by atoms with van der Waals surface area (Å²) in [6, 6.07) is 5.60. The number of carbonyl (C=O) groups is 2. The molecule has 1 aromatic carbocycles. The molecule has 0 unspecified atom stereocenters. The maximum atomic E-state index is 12.0. The summed E-state index contributed by atoms with van der Waals surface area (Å²) in [5.74, 6) is 0.159. The second-order valence-electron chi connectivity index (χ2n) is 5.08. The predicted molar refractivity (Wildman–Crippen MR) is 81.7 cm³/mol. The van der Waals surface area contributed by atoms with Gasteiger partial charge < -0.3 is 14.0 Å². The molecule has 6 nitrogen and oxygen atoms in total. The Bertz CT molecular complexity index is 801. The van der Waals surface area contributed by atoms with Crippen LogP contribution in [0, 0.1) is 5.92 Å². The maximum absolute atomic E-state index is 12.0. The summed E-state index contributed by atoms with van der Waals surface area (Å²) < 4.78 is 12.7. The zero-order chi connectivity index (χ0) is 15.7. The molecule has 0 N–H and O–H groups in total. The number of thiazole rings is 1. The van der Waals surface area contributed by atoms with Gasteiger partial charge in [-0.05, 0) is 25.0 Å². The van der Waals surface area contributed by atoms with Crippen LogP contribution in [-0.4, -0.2) is 30.7 Å². The van der Waals surface area contributed by atoms with Crippen LogP contribution in [0.4, 0.5) is 0 Å². The van der Waals surface area contributed by atoms with Crippen LogP contribution in [0.15, 0.2) is 23.2 Å². The lowest BCUT2D eigenvalue weighted by Crippen LogP contribution is -2.22. The molecule has 1 fully saturated rings. The molecule has 0 aliphatic heterocycles. The van der Waals surface area contributed by atoms with Gasteiger partial charge in [-0.3, -0.25) is 9.59 Å². The molecule has 1 amide bonds. The maximum Gasteiger partial charge on any atom is 0.325 e. The highest BCUT2D eigenvalue weighted by atomic mass is 32.1. The van der Waals surface area contributed by atoms with Crippen molar-refractivity contribution in [3.8, 4) is 5.75 Å². The summed E-state index contributed by atoms with van der Waals surface area (Å²) in [6.45, 7) is -0.00630. The molecule has 0 bridgehead atoms. The van der Waals surface area contributed by atoms with Gasteiger partial charge in [0.15, 0.2) is 4.80 Å². The van der Waals surface area contributed by atoms with Gasteiger partial charge in [-0.25, -0.2) is 0 Å². The van der Waals surface area contributed by atoms with Crippen molar-refractivity contribution in [2.45, 2.75) is 19.4 Å². The van der Waals surface area contributed by atoms with Gasteiger partial charge in [-0.1, -0.05) is 17.4 Å². The fourth-order valence-corrected chi connectivity index (χ4v) is 3.26. The second kappa shape index (κ2) is 5.92. The van der Waals surface area contributed by atoms with Crippen molar-refractivity contribution in [1.82, 2.24) is 4.57 Å². The van der Waals surface area contributed by atoms with E-state index in [4.69, 9.17) is 9.47 Å². The summed E-state index contributed by atoms with van der Waals surface area (Å²) >= 11 is 1.37. The van der Waals surface area contributed by atoms with Crippen LogP contribution in [0.25, 0.3) is 10.2 Å². The van der Waals surface area contributed by atoms with Gasteiger partial charge in [0, 0.05) is 5.92 Å². The Kier molecular flexibility index (Phi) is 3.98. The molecular formula is C15H16N2O4S. The molecule has 7 heteroatoms. The van der Waals surface area contributed by atoms with Crippen molar-refractivity contribution in [3.63, 3.8) is 0 Å². The summed E-state index contributed by atoms with van der Waals surface area (Å²) in [7, 11) is 2.90. The Morgan fingerprint density at radius 2 is 2.14 bits per heavy atom. The molecule has 0 atom stereocenters. The van der Waals surface area contributed by atoms with Gasteiger partial charge in [0.25, 0.3) is 5.91 Å². The quantitative estimate of drug-likeness (QED) is 0.804. The molecular weight excluding hydrogens is 304 g/mol. The van der Waals surface area contributed by atoms with Gasteiger partial charge in [0.1, 0.15) is 17.8 Å². The molecule has 116 valence electrons. The Labute approximate surface area is 131 Å². The average Bonchev–Trinajstić information content (AvgIpc) is 3.32. The van der Waals surface area contributed by atoms with Crippen LogP contribution in [0.2, 0.25) is 0 Å². The van der Waals surface area contributed by atoms with Crippen molar-refractivity contribution in [3.05, 3.63) is 23.0 Å². The Hall–Kier alpha value is -2.15. The van der Waals surface area contributed by atoms with Crippen molar-refractivity contribution >= 4 is 33.4 Å². The van der Waals surface area contributed by atoms with E-state index in [2.05, 4.69) is 4.99 Å². The van der Waals surface area contributed by atoms with E-state index in [9.17, 15) is 9.59 Å². The number of benzene rings is 1. The number of nitrogens with zero attached hydrogens (tertiary/aromatic N) is 2. The molecule has 1 heterocycles. The van der Waals surface area contributed by atoms with Crippen LogP contribution in [-0.2, 0) is 20.9 Å². The number of rotatable bonds is 4. The smallest absolute Gasteiger partial charge is 0.325 e. The number of aromatic nitrogens is 1. The van der Waals surface area contributed by atoms with E-state index in [-0.39, 0.29) is 18.4 Å². The molecule has 1 aliphatic rings. The fraction of sp³-hybridized carbons (Fsp3) is 0.400. The highest BCUT2D eigenvalue weighted by molar-refractivity contribution is 7.16. The number of para-hydroxylation sites is 1. The lowest BCUT2D eigenvalue weighted by atomic mass is 10.3. The predicted octanol–water partition coefficient (Wildman–Crippen LogP) is 1.72. The molecule has 1 saturated carbocycles. The number of fused-ring (bicyclic) bond motifs is 1. The minimum Gasteiger partial charge on any atom is -0.495 e. The van der Waals surface area contributed by atoms with Gasteiger partial charge in [-0.15, -0.1) is 0 Å². The average molecular weight is 320 g/mol. The lowest BCUT2D eigenvalue weighted by Gasteiger charge is -2.07. The van der Waals surface area contributed by atoms with Crippen LogP contribution < -0.4 is 9.54 Å². The standard InChI is InChI=1S/C15H16N2O4S/c1-20-10-4-3-5-11-13(10)17(8-12(18)21-2)15(22-11)16-14(19)9-6-7-9/h3-5,9H,6-8H2,1-2H3. The first-order valence-electron chi connectivity index (χ1n) is 6.95. The molecule has 3 rings (SSSR count). The highest BCUT2D eigenvalue weighted by Gasteiger charge is 2.29. The number of ether oxygens (including phenoxy) is 2. The van der Waals surface area contributed by atoms with Crippen molar-refractivity contribution < 1.29 is 19.1 Å². The summed E-state index contributed by atoms with van der Waals surface area (Å²) in [4.78, 5) is 28.4. The van der Waals surface area contributed by atoms with E-state index in [0.29, 0.717) is 10.6 Å². The summed E-state index contributed by atoms with van der Waals surface area (Å²) in [5, 5.41) is 0. The molecule has 22 heavy (non-hydrogen) atoms. The Morgan fingerprint density at radius 1 is 1.36 bits per heavy atom. The monoisotopic (exact) mass is 320 g/mol. The number of amides is 1. The normalized spacial score (nSPS) is 15.1. The van der Waals surface area contributed by atoms with Crippen molar-refractivity contribution in [2.75, 3.05) is 14.2 Å². The zero-order valence-corrected chi connectivity index (χ0v) is 13.2. The van der Waals surface area contributed by atoms with Gasteiger partial charge in [-0.2, -0.15) is 4.99 Å². The van der Waals surface area contributed by atoms with E-state index in [0.717, 1.165) is 23.1 Å². The molecule has 1 aromatic heterocycles. The molecule has 0 radical (unpaired) electrons. The summed E-state index contributed by atoms with van der Waals surface area (Å²) in [6.07, 6.45) is 1.79. The molecule has 0 spiro atoms. The number of methoxy groups -OCH3 is 2. The third-order valence-corrected chi connectivity index (χ3v) is 4.57. The molecule has 2 aromatic rings. The first-order chi connectivity index (χ1) is 10.6. The van der Waals surface area contributed by atoms with E-state index in [1.807, 2.05) is 18.2 Å². The fourth-order valence-electron chi connectivity index (χ4n) is 2.20. The van der Waals surface area contributed by atoms with E-state index >= 15 is 0 Å². The molecule has 0 saturated heterocycles. The Morgan fingerprint density at radius 3 is 2.77 bits per heavy atom. The Balaban J connectivity index is 2.19. The van der Waals surface area contributed by atoms with Crippen molar-refractivity contribution in [1.29, 1.82) is 0 Å². The van der Waals surface area contributed by atoms with Crippen molar-refractivity contribution in [2.24, 2.45) is 10.9 Å². The van der Waals surface area contributed by atoms with Crippen LogP contribution in [0.5, 0.6) is 5.75 Å². The van der Waals surface area contributed by atoms with Crippen LogP contribution in [0.1, 0.15) is 12.8 Å². The van der Waals surface area contributed by atoms with Crippen LogP contribution >= 0.6 is 11.3 Å². The van der Waals surface area contributed by atoms with Crippen LogP contribution in [0.3, 0.4) is 0 Å². The topological polar surface area (TPSA) is 69.9 Å². The van der Waals surface area contributed by atoms with Gasteiger partial charge >= 0.3 is 5.97 Å². The van der Waals surface area contributed by atoms with Gasteiger partial charge in [0.05, 0.1) is 18.9 Å². The molecule has 1 aliphatic carbocycles. The number of carbonyl (C=O) groups excluding carboxylic acids is 2. The number of esters is 1. The summed E-state index contributed by atoms with van der Waals surface area (Å²) in [5.41, 5.74) is 0.753. The van der Waals surface area contributed by atoms with E-state index < -0.39 is 5.97 Å². The van der Waals surface area contributed by atoms with E-state index in [1.54, 1.807) is 11.7 Å². The minimum absolute atomic E-state index is 0.00630. The zero-order valence-electron chi connectivity index (χ0n) is 12.4. The highest BCUT2D eigenvalue weighted by Crippen LogP contribution is 2.31. The minimum atomic E-state index is -0.397. The largest absolute Gasteiger partial charge is 0.495 e. The number of hydrogen-bond acceptors (Lipinski definition) is 5. The van der Waals surface area contributed by atoms with E-state index in [1.165, 1.54) is 18.4 Å². The third-order valence-electron chi connectivity index (χ3n) is 3.53. The number of hydrogen-bond donors (Lipinski definition) is 0. The lowest BCUT2D eigenvalue weighted by molar-refractivity contribution is -0.141. The second-order valence-corrected chi connectivity index (χ2v) is 6.09. The van der Waals surface area contributed by atoms with Gasteiger partial charge in [0.2, 0.25) is 0 Å². The third kappa shape index (κ3) is 2.76. The first-order valence-corrected chi connectivity index (χ1v) is 7.77. The first kappa shape index (κ1) is 14.8.